The highest BCUT2D eigenvalue weighted by Gasteiger charge is 2.31. The van der Waals surface area contributed by atoms with Crippen molar-refractivity contribution < 1.29 is 22.7 Å². The first-order valence-electron chi connectivity index (χ1n) is 7.35. The van der Waals surface area contributed by atoms with Gasteiger partial charge in [-0.1, -0.05) is 24.3 Å². The molecule has 128 valence electrons. The predicted octanol–water partition coefficient (Wildman–Crippen LogP) is 4.69. The number of hydrogen-bond donors (Lipinski definition) is 1. The van der Waals surface area contributed by atoms with Crippen LogP contribution in [0.3, 0.4) is 0 Å². The molecule has 0 unspecified atom stereocenters. The number of alkyl halides is 3. The monoisotopic (exact) mass is 346 g/mol. The van der Waals surface area contributed by atoms with Gasteiger partial charge in [0.25, 0.3) is 5.91 Å². The molecule has 3 rings (SSSR count). The van der Waals surface area contributed by atoms with Gasteiger partial charge in [0.15, 0.2) is 0 Å². The molecule has 0 saturated heterocycles. The minimum absolute atomic E-state index is 0.199. The van der Waals surface area contributed by atoms with Gasteiger partial charge in [0.05, 0.1) is 11.1 Å². The van der Waals surface area contributed by atoms with Crippen molar-refractivity contribution in [2.45, 2.75) is 13.3 Å². The van der Waals surface area contributed by atoms with Gasteiger partial charge in [0.1, 0.15) is 5.75 Å². The number of benzene rings is 2. The Bertz CT molecular complexity index is 939. The number of ether oxygens (including phenoxy) is 1. The van der Waals surface area contributed by atoms with Crippen molar-refractivity contribution in [1.82, 2.24) is 4.98 Å². The number of amides is 1. The topological polar surface area (TPSA) is 51.2 Å². The molecule has 0 fully saturated rings. The number of anilines is 1. The maximum absolute atomic E-state index is 12.6. The highest BCUT2D eigenvalue weighted by Crippen LogP contribution is 2.26. The lowest BCUT2D eigenvalue weighted by Crippen LogP contribution is -2.17. The molecule has 0 radical (unpaired) electrons. The molecule has 0 aliphatic carbocycles. The normalized spacial score (nSPS) is 11.4. The van der Waals surface area contributed by atoms with E-state index < -0.39 is 18.0 Å². The summed E-state index contributed by atoms with van der Waals surface area (Å²) in [5, 5.41) is 3.25. The lowest BCUT2D eigenvalue weighted by molar-refractivity contribution is -0.274. The molecule has 0 aliphatic rings. The number of aromatic nitrogens is 1. The van der Waals surface area contributed by atoms with E-state index in [9.17, 15) is 18.0 Å². The fourth-order valence-electron chi connectivity index (χ4n) is 2.47. The molecule has 0 aliphatic heterocycles. The quantitative estimate of drug-likeness (QED) is 0.748. The Labute approximate surface area is 141 Å². The molecule has 0 atom stereocenters. The SMILES string of the molecule is Cc1cc(C(=O)Nc2cccc(OC(F)(F)F)c2)c2ccccc2n1. The van der Waals surface area contributed by atoms with Crippen molar-refractivity contribution in [3.63, 3.8) is 0 Å². The summed E-state index contributed by atoms with van der Waals surface area (Å²) in [6, 6.07) is 13.9. The van der Waals surface area contributed by atoms with Gasteiger partial charge in [0.2, 0.25) is 0 Å². The molecular formula is C18H13F3N2O2. The van der Waals surface area contributed by atoms with Crippen LogP contribution < -0.4 is 10.1 Å². The average Bonchev–Trinajstić information content (AvgIpc) is 2.52. The van der Waals surface area contributed by atoms with Crippen LogP contribution in [0.1, 0.15) is 16.1 Å². The lowest BCUT2D eigenvalue weighted by Gasteiger charge is -2.12. The Morgan fingerprint density at radius 2 is 1.84 bits per heavy atom. The molecule has 2 aromatic carbocycles. The van der Waals surface area contributed by atoms with Gasteiger partial charge < -0.3 is 10.1 Å². The van der Waals surface area contributed by atoms with E-state index in [0.717, 1.165) is 12.1 Å². The van der Waals surface area contributed by atoms with Crippen LogP contribution in [0.4, 0.5) is 18.9 Å². The fourth-order valence-corrected chi connectivity index (χ4v) is 2.47. The molecule has 7 heteroatoms. The van der Waals surface area contributed by atoms with E-state index in [1.54, 1.807) is 31.2 Å². The Kier molecular flexibility index (Phi) is 4.31. The Balaban J connectivity index is 1.90. The van der Waals surface area contributed by atoms with E-state index in [1.807, 2.05) is 6.07 Å². The van der Waals surface area contributed by atoms with Crippen molar-refractivity contribution in [3.8, 4) is 5.75 Å². The molecular weight excluding hydrogens is 333 g/mol. The molecule has 3 aromatic rings. The molecule has 1 aromatic heterocycles. The molecule has 4 nitrogen and oxygen atoms in total. The standard InChI is InChI=1S/C18H13F3N2O2/c1-11-9-15(14-7-2-3-8-16(14)22-11)17(24)23-12-5-4-6-13(10-12)25-18(19,20)21/h2-10H,1H3,(H,23,24). The molecule has 25 heavy (non-hydrogen) atoms. The van der Waals surface area contributed by atoms with Crippen LogP contribution in [0.15, 0.2) is 54.6 Å². The highest BCUT2D eigenvalue weighted by molar-refractivity contribution is 6.12. The van der Waals surface area contributed by atoms with Crippen molar-refractivity contribution >= 4 is 22.5 Å². The third-order valence-corrected chi connectivity index (χ3v) is 3.41. The van der Waals surface area contributed by atoms with Gasteiger partial charge in [-0.25, -0.2) is 0 Å². The van der Waals surface area contributed by atoms with Gasteiger partial charge in [-0.3, -0.25) is 9.78 Å². The smallest absolute Gasteiger partial charge is 0.406 e. The van der Waals surface area contributed by atoms with Crippen LogP contribution in [-0.2, 0) is 0 Å². The van der Waals surface area contributed by atoms with Crippen LogP contribution in [-0.4, -0.2) is 17.3 Å². The molecule has 0 bridgehead atoms. The summed E-state index contributed by atoms with van der Waals surface area (Å²) in [4.78, 5) is 16.9. The van der Waals surface area contributed by atoms with E-state index in [-0.39, 0.29) is 5.69 Å². The van der Waals surface area contributed by atoms with E-state index in [2.05, 4.69) is 15.0 Å². The second-order valence-corrected chi connectivity index (χ2v) is 5.36. The van der Waals surface area contributed by atoms with Crippen LogP contribution in [0, 0.1) is 6.92 Å². The maximum Gasteiger partial charge on any atom is 0.573 e. The lowest BCUT2D eigenvalue weighted by atomic mass is 10.1. The van der Waals surface area contributed by atoms with Crippen molar-refractivity contribution in [3.05, 3.63) is 65.9 Å². The van der Waals surface area contributed by atoms with E-state index in [1.165, 1.54) is 12.1 Å². The second-order valence-electron chi connectivity index (χ2n) is 5.36. The minimum Gasteiger partial charge on any atom is -0.406 e. The minimum atomic E-state index is -4.79. The number of pyridine rings is 1. The number of carbonyl (C=O) groups excluding carboxylic acids is 1. The van der Waals surface area contributed by atoms with Crippen LogP contribution in [0.2, 0.25) is 0 Å². The Morgan fingerprint density at radius 3 is 2.60 bits per heavy atom. The zero-order valence-corrected chi connectivity index (χ0v) is 13.1. The van der Waals surface area contributed by atoms with Gasteiger partial charge >= 0.3 is 6.36 Å². The summed E-state index contributed by atoms with van der Waals surface area (Å²) >= 11 is 0. The summed E-state index contributed by atoms with van der Waals surface area (Å²) in [6.45, 7) is 1.76. The van der Waals surface area contributed by atoms with Crippen LogP contribution in [0.25, 0.3) is 10.9 Å². The first-order chi connectivity index (χ1) is 11.8. The number of aryl methyl sites for hydroxylation is 1. The van der Waals surface area contributed by atoms with Crippen molar-refractivity contribution in [2.24, 2.45) is 0 Å². The largest absolute Gasteiger partial charge is 0.573 e. The maximum atomic E-state index is 12.6. The fraction of sp³-hybridized carbons (Fsp3) is 0.111. The highest BCUT2D eigenvalue weighted by atomic mass is 19.4. The summed E-state index contributed by atoms with van der Waals surface area (Å²) < 4.78 is 40.8. The molecule has 1 amide bonds. The molecule has 0 saturated carbocycles. The number of rotatable bonds is 3. The Morgan fingerprint density at radius 1 is 1.08 bits per heavy atom. The number of carbonyl (C=O) groups is 1. The summed E-state index contributed by atoms with van der Waals surface area (Å²) in [6.07, 6.45) is -4.79. The number of fused-ring (bicyclic) bond motifs is 1. The summed E-state index contributed by atoms with van der Waals surface area (Å²) in [5.74, 6) is -0.841. The zero-order chi connectivity index (χ0) is 18.0. The van der Waals surface area contributed by atoms with Gasteiger partial charge in [-0.2, -0.15) is 0 Å². The number of para-hydroxylation sites is 1. The molecule has 1 heterocycles. The van der Waals surface area contributed by atoms with E-state index >= 15 is 0 Å². The van der Waals surface area contributed by atoms with Crippen LogP contribution in [0.5, 0.6) is 5.75 Å². The molecule has 0 spiro atoms. The number of nitrogens with zero attached hydrogens (tertiary/aromatic N) is 1. The number of nitrogens with one attached hydrogen (secondary N) is 1. The van der Waals surface area contributed by atoms with E-state index in [0.29, 0.717) is 22.2 Å². The van der Waals surface area contributed by atoms with Crippen molar-refractivity contribution in [2.75, 3.05) is 5.32 Å². The summed E-state index contributed by atoms with van der Waals surface area (Å²) in [5.41, 5.74) is 1.93. The number of halogens is 3. The summed E-state index contributed by atoms with van der Waals surface area (Å²) in [7, 11) is 0. The first kappa shape index (κ1) is 16.8. The van der Waals surface area contributed by atoms with E-state index in [4.69, 9.17) is 0 Å². The Hall–Kier alpha value is -3.09. The average molecular weight is 346 g/mol. The number of hydrogen-bond acceptors (Lipinski definition) is 3. The van der Waals surface area contributed by atoms with Gasteiger partial charge in [0, 0.05) is 22.8 Å². The first-order valence-corrected chi connectivity index (χ1v) is 7.35. The van der Waals surface area contributed by atoms with Crippen molar-refractivity contribution in [1.29, 1.82) is 0 Å². The zero-order valence-electron chi connectivity index (χ0n) is 13.1. The second kappa shape index (κ2) is 6.43. The van der Waals surface area contributed by atoms with Gasteiger partial charge in [-0.05, 0) is 31.2 Å². The van der Waals surface area contributed by atoms with Crippen LogP contribution >= 0.6 is 0 Å². The van der Waals surface area contributed by atoms with Gasteiger partial charge in [-0.15, -0.1) is 13.2 Å². The predicted molar refractivity (Wildman–Crippen MR) is 87.6 cm³/mol. The molecule has 1 N–H and O–H groups in total. The third kappa shape index (κ3) is 4.06. The third-order valence-electron chi connectivity index (χ3n) is 3.41.